The molecule has 1 rings (SSSR count). The Labute approximate surface area is 102 Å². The van der Waals surface area contributed by atoms with E-state index in [0.29, 0.717) is 0 Å². The predicted octanol–water partition coefficient (Wildman–Crippen LogP) is 1.25. The van der Waals surface area contributed by atoms with Crippen molar-refractivity contribution >= 4 is 17.4 Å². The van der Waals surface area contributed by atoms with Gasteiger partial charge in [0, 0.05) is 6.07 Å². The molecule has 0 radical (unpaired) electrons. The second-order valence-electron chi connectivity index (χ2n) is 3.11. The van der Waals surface area contributed by atoms with Crippen molar-refractivity contribution in [3.8, 4) is 11.8 Å². The van der Waals surface area contributed by atoms with E-state index in [9.17, 15) is 14.9 Å². The summed E-state index contributed by atoms with van der Waals surface area (Å²) >= 11 is 0. The molecule has 1 aromatic carbocycles. The Morgan fingerprint density at radius 2 is 2.33 bits per heavy atom. The van der Waals surface area contributed by atoms with Crippen LogP contribution in [0.3, 0.4) is 0 Å². The summed E-state index contributed by atoms with van der Waals surface area (Å²) in [6.45, 7) is -0.138. The molecular weight excluding hydrogens is 240 g/mol. The monoisotopic (exact) mass is 250 g/mol. The molecule has 0 saturated carbocycles. The number of urea groups is 1. The van der Waals surface area contributed by atoms with Crippen molar-refractivity contribution in [3.63, 3.8) is 0 Å². The summed E-state index contributed by atoms with van der Waals surface area (Å²) in [7, 11) is 1.33. The van der Waals surface area contributed by atoms with Crippen molar-refractivity contribution in [2.24, 2.45) is 0 Å². The second-order valence-corrected chi connectivity index (χ2v) is 3.11. The fourth-order valence-electron chi connectivity index (χ4n) is 1.18. The third-order valence-electron chi connectivity index (χ3n) is 1.97. The molecule has 2 amide bonds. The molecule has 0 aliphatic heterocycles. The quantitative estimate of drug-likeness (QED) is 0.473. The highest BCUT2D eigenvalue weighted by Crippen LogP contribution is 2.28. The number of rotatable bonds is 4. The molecule has 0 atom stereocenters. The van der Waals surface area contributed by atoms with Gasteiger partial charge in [0.15, 0.2) is 0 Å². The standard InChI is InChI=1S/C10H10N4O4/c1-18-9-6-7(14(16)17)2-3-8(9)13-10(15)12-5-4-11/h2-3,6H,5H2,1H3,(H2,12,13,15). The summed E-state index contributed by atoms with van der Waals surface area (Å²) in [5.74, 6) is 0.163. The Kier molecular flexibility index (Phi) is 4.45. The molecule has 0 saturated heterocycles. The van der Waals surface area contributed by atoms with Gasteiger partial charge in [-0.2, -0.15) is 5.26 Å². The molecule has 0 heterocycles. The van der Waals surface area contributed by atoms with E-state index in [-0.39, 0.29) is 23.7 Å². The van der Waals surface area contributed by atoms with Crippen molar-refractivity contribution in [1.82, 2.24) is 5.32 Å². The number of hydrogen-bond acceptors (Lipinski definition) is 5. The number of non-ortho nitro benzene ring substituents is 1. The van der Waals surface area contributed by atoms with Crippen LogP contribution in [-0.4, -0.2) is 24.6 Å². The highest BCUT2D eigenvalue weighted by atomic mass is 16.6. The van der Waals surface area contributed by atoms with Crippen molar-refractivity contribution in [3.05, 3.63) is 28.3 Å². The molecule has 8 nitrogen and oxygen atoms in total. The van der Waals surface area contributed by atoms with E-state index in [1.165, 1.54) is 25.3 Å². The summed E-state index contributed by atoms with van der Waals surface area (Å²) < 4.78 is 4.93. The normalized spacial score (nSPS) is 9.11. The number of ether oxygens (including phenoxy) is 1. The summed E-state index contributed by atoms with van der Waals surface area (Å²) in [6, 6.07) is 4.93. The number of carbonyl (C=O) groups excluding carboxylic acids is 1. The number of nitrogens with one attached hydrogen (secondary N) is 2. The number of methoxy groups -OCH3 is 1. The van der Waals surface area contributed by atoms with Crippen molar-refractivity contribution in [2.75, 3.05) is 19.0 Å². The first-order valence-corrected chi connectivity index (χ1v) is 4.82. The van der Waals surface area contributed by atoms with Crippen LogP contribution in [0.2, 0.25) is 0 Å². The largest absolute Gasteiger partial charge is 0.494 e. The Bertz CT molecular complexity index is 509. The molecule has 0 bridgehead atoms. The van der Waals surface area contributed by atoms with E-state index in [2.05, 4.69) is 10.6 Å². The average Bonchev–Trinajstić information content (AvgIpc) is 2.36. The van der Waals surface area contributed by atoms with Gasteiger partial charge in [0.1, 0.15) is 12.3 Å². The van der Waals surface area contributed by atoms with Crippen LogP contribution >= 0.6 is 0 Å². The van der Waals surface area contributed by atoms with Crippen LogP contribution < -0.4 is 15.4 Å². The molecule has 2 N–H and O–H groups in total. The third-order valence-corrected chi connectivity index (χ3v) is 1.97. The Morgan fingerprint density at radius 3 is 2.89 bits per heavy atom. The first-order chi connectivity index (χ1) is 8.58. The number of hydrogen-bond donors (Lipinski definition) is 2. The van der Waals surface area contributed by atoms with Crippen LogP contribution in [0.1, 0.15) is 0 Å². The van der Waals surface area contributed by atoms with Crippen LogP contribution in [-0.2, 0) is 0 Å². The number of nitrogens with zero attached hydrogens (tertiary/aromatic N) is 2. The molecule has 0 unspecified atom stereocenters. The topological polar surface area (TPSA) is 117 Å². The molecule has 0 aromatic heterocycles. The molecule has 0 fully saturated rings. The van der Waals surface area contributed by atoms with Gasteiger partial charge in [-0.1, -0.05) is 0 Å². The predicted molar refractivity (Wildman–Crippen MR) is 62.3 cm³/mol. The lowest BCUT2D eigenvalue weighted by atomic mass is 10.2. The number of nitro groups is 1. The maximum absolute atomic E-state index is 11.3. The maximum atomic E-state index is 11.3. The summed E-state index contributed by atoms with van der Waals surface area (Å²) in [6.07, 6.45) is 0. The van der Waals surface area contributed by atoms with Gasteiger partial charge in [-0.15, -0.1) is 0 Å². The maximum Gasteiger partial charge on any atom is 0.320 e. The van der Waals surface area contributed by atoms with E-state index in [0.717, 1.165) is 0 Å². The Morgan fingerprint density at radius 1 is 1.61 bits per heavy atom. The highest BCUT2D eigenvalue weighted by molar-refractivity contribution is 5.91. The average molecular weight is 250 g/mol. The molecular formula is C10H10N4O4. The number of nitro benzene ring substituents is 1. The van der Waals surface area contributed by atoms with Gasteiger partial charge < -0.3 is 15.4 Å². The van der Waals surface area contributed by atoms with Crippen molar-refractivity contribution in [1.29, 1.82) is 5.26 Å². The fourth-order valence-corrected chi connectivity index (χ4v) is 1.18. The zero-order chi connectivity index (χ0) is 13.5. The van der Waals surface area contributed by atoms with E-state index >= 15 is 0 Å². The Hall–Kier alpha value is -2.82. The minimum atomic E-state index is -0.594. The number of carbonyl (C=O) groups is 1. The smallest absolute Gasteiger partial charge is 0.320 e. The van der Waals surface area contributed by atoms with Crippen LogP contribution in [0.4, 0.5) is 16.2 Å². The van der Waals surface area contributed by atoms with Crippen LogP contribution in [0.5, 0.6) is 5.75 Å². The van der Waals surface area contributed by atoms with Crippen molar-refractivity contribution in [2.45, 2.75) is 0 Å². The molecule has 0 aliphatic rings. The molecule has 1 aromatic rings. The molecule has 8 heteroatoms. The van der Waals surface area contributed by atoms with Gasteiger partial charge in [0.05, 0.1) is 29.9 Å². The minimum absolute atomic E-state index is 0.138. The molecule has 94 valence electrons. The molecule has 0 spiro atoms. The number of nitriles is 1. The first-order valence-electron chi connectivity index (χ1n) is 4.82. The van der Waals surface area contributed by atoms with E-state index in [1.54, 1.807) is 6.07 Å². The summed E-state index contributed by atoms with van der Waals surface area (Å²) in [4.78, 5) is 21.3. The second kappa shape index (κ2) is 6.05. The van der Waals surface area contributed by atoms with Gasteiger partial charge in [-0.05, 0) is 6.07 Å². The van der Waals surface area contributed by atoms with Crippen molar-refractivity contribution < 1.29 is 14.5 Å². The van der Waals surface area contributed by atoms with E-state index < -0.39 is 11.0 Å². The highest BCUT2D eigenvalue weighted by Gasteiger charge is 2.12. The van der Waals surface area contributed by atoms with Gasteiger partial charge in [0.25, 0.3) is 5.69 Å². The fraction of sp³-hybridized carbons (Fsp3) is 0.200. The molecule has 18 heavy (non-hydrogen) atoms. The van der Waals surface area contributed by atoms with E-state index in [1.807, 2.05) is 0 Å². The van der Waals surface area contributed by atoms with Crippen LogP contribution in [0, 0.1) is 21.4 Å². The summed E-state index contributed by atoms with van der Waals surface area (Å²) in [5.41, 5.74) is 0.133. The van der Waals surface area contributed by atoms with Gasteiger partial charge >= 0.3 is 6.03 Å². The van der Waals surface area contributed by atoms with Gasteiger partial charge in [0.2, 0.25) is 0 Å². The zero-order valence-electron chi connectivity index (χ0n) is 9.47. The van der Waals surface area contributed by atoms with E-state index in [4.69, 9.17) is 10.00 Å². The number of anilines is 1. The number of benzene rings is 1. The lowest BCUT2D eigenvalue weighted by Gasteiger charge is -2.09. The zero-order valence-corrected chi connectivity index (χ0v) is 9.47. The van der Waals surface area contributed by atoms with Gasteiger partial charge in [-0.3, -0.25) is 10.1 Å². The van der Waals surface area contributed by atoms with Gasteiger partial charge in [-0.25, -0.2) is 4.79 Å². The van der Waals surface area contributed by atoms with Crippen LogP contribution in [0.15, 0.2) is 18.2 Å². The van der Waals surface area contributed by atoms with Crippen LogP contribution in [0.25, 0.3) is 0 Å². The SMILES string of the molecule is COc1cc([N+](=O)[O-])ccc1NC(=O)NCC#N. The Balaban J connectivity index is 2.86. The lowest BCUT2D eigenvalue weighted by Crippen LogP contribution is -2.29. The molecule has 0 aliphatic carbocycles. The minimum Gasteiger partial charge on any atom is -0.494 e. The number of amides is 2. The first kappa shape index (κ1) is 13.2. The lowest BCUT2D eigenvalue weighted by molar-refractivity contribution is -0.384. The summed E-state index contributed by atoms with van der Waals surface area (Å²) in [5, 5.41) is 23.5. The third kappa shape index (κ3) is 3.34.